The topological polar surface area (TPSA) is 89.8 Å². The highest BCUT2D eigenvalue weighted by Crippen LogP contribution is 2.20. The Morgan fingerprint density at radius 1 is 1.21 bits per heavy atom. The third kappa shape index (κ3) is 3.28. The van der Waals surface area contributed by atoms with Gasteiger partial charge in [0, 0.05) is 23.2 Å². The molecule has 1 aliphatic rings. The number of aromatic nitrogens is 2. The monoisotopic (exact) mass is 374 g/mol. The maximum atomic E-state index is 13.7. The summed E-state index contributed by atoms with van der Waals surface area (Å²) in [5, 5.41) is 8.99. The first-order valence-corrected chi connectivity index (χ1v) is 8.72. The number of aromatic amines is 1. The fourth-order valence-electron chi connectivity index (χ4n) is 3.31. The second-order valence-corrected chi connectivity index (χ2v) is 6.52. The van der Waals surface area contributed by atoms with Gasteiger partial charge in [0.1, 0.15) is 11.6 Å². The number of carbonyl (C=O) groups is 1. The second kappa shape index (κ2) is 7.08. The number of benzene rings is 2. The van der Waals surface area contributed by atoms with Crippen LogP contribution in [0.1, 0.15) is 27.2 Å². The lowest BCUT2D eigenvalue weighted by Gasteiger charge is -2.28. The molecule has 138 valence electrons. The maximum Gasteiger partial charge on any atom is 0.254 e. The molecule has 0 saturated heterocycles. The molecule has 6 nitrogen and oxygen atoms in total. The molecule has 0 fully saturated rings. The van der Waals surface area contributed by atoms with Gasteiger partial charge >= 0.3 is 0 Å². The highest BCUT2D eigenvalue weighted by molar-refractivity contribution is 5.94. The zero-order chi connectivity index (χ0) is 19.7. The fourth-order valence-corrected chi connectivity index (χ4v) is 3.31. The van der Waals surface area contributed by atoms with E-state index in [9.17, 15) is 14.0 Å². The molecule has 28 heavy (non-hydrogen) atoms. The van der Waals surface area contributed by atoms with E-state index in [1.54, 1.807) is 0 Å². The van der Waals surface area contributed by atoms with E-state index in [4.69, 9.17) is 5.26 Å². The molecule has 2 heterocycles. The molecule has 0 bridgehead atoms. The van der Waals surface area contributed by atoms with Crippen molar-refractivity contribution in [3.8, 4) is 17.5 Å². The lowest BCUT2D eigenvalue weighted by molar-refractivity contribution is 0.0731. The standard InChI is InChI=1S/C21H15FN4O2/c22-16-9-13(11-23)8-15(10-16)21(28)26-7-6-17-18(12-26)24-19(25-20(17)27)14-4-2-1-3-5-14/h1-5,8-10H,6-7,12H2,(H,24,25,27). The van der Waals surface area contributed by atoms with Gasteiger partial charge in [-0.25, -0.2) is 9.37 Å². The van der Waals surface area contributed by atoms with Gasteiger partial charge in [-0.1, -0.05) is 30.3 Å². The molecule has 0 spiro atoms. The summed E-state index contributed by atoms with van der Waals surface area (Å²) in [6.45, 7) is 0.468. The number of nitrogens with zero attached hydrogens (tertiary/aromatic N) is 3. The van der Waals surface area contributed by atoms with Crippen molar-refractivity contribution >= 4 is 5.91 Å². The van der Waals surface area contributed by atoms with Crippen LogP contribution in [0.5, 0.6) is 0 Å². The van der Waals surface area contributed by atoms with Crippen LogP contribution in [0.3, 0.4) is 0 Å². The average molecular weight is 374 g/mol. The van der Waals surface area contributed by atoms with Crippen LogP contribution in [0.4, 0.5) is 4.39 Å². The first-order chi connectivity index (χ1) is 13.5. The molecule has 0 saturated carbocycles. The van der Waals surface area contributed by atoms with Gasteiger partial charge in [-0.05, 0) is 24.6 Å². The lowest BCUT2D eigenvalue weighted by atomic mass is 10.0. The van der Waals surface area contributed by atoms with Crippen molar-refractivity contribution in [2.45, 2.75) is 13.0 Å². The summed E-state index contributed by atoms with van der Waals surface area (Å²) in [5.74, 6) is -0.595. The molecule has 7 heteroatoms. The lowest BCUT2D eigenvalue weighted by Crippen LogP contribution is -2.39. The van der Waals surface area contributed by atoms with Gasteiger partial charge in [-0.2, -0.15) is 5.26 Å². The Morgan fingerprint density at radius 2 is 2.00 bits per heavy atom. The average Bonchev–Trinajstić information content (AvgIpc) is 2.72. The van der Waals surface area contributed by atoms with Crippen molar-refractivity contribution in [2.24, 2.45) is 0 Å². The van der Waals surface area contributed by atoms with E-state index in [2.05, 4.69) is 9.97 Å². The largest absolute Gasteiger partial charge is 0.332 e. The number of halogens is 1. The number of carbonyl (C=O) groups excluding carboxylic acids is 1. The number of nitrogens with one attached hydrogen (secondary N) is 1. The molecular weight excluding hydrogens is 359 g/mol. The van der Waals surface area contributed by atoms with E-state index in [0.29, 0.717) is 30.0 Å². The normalized spacial score (nSPS) is 12.9. The Balaban J connectivity index is 1.67. The van der Waals surface area contributed by atoms with E-state index in [1.165, 1.54) is 11.0 Å². The van der Waals surface area contributed by atoms with Crippen LogP contribution in [0.25, 0.3) is 11.4 Å². The van der Waals surface area contributed by atoms with Crippen LogP contribution in [-0.4, -0.2) is 27.3 Å². The summed E-state index contributed by atoms with van der Waals surface area (Å²) >= 11 is 0. The molecule has 0 aliphatic carbocycles. The predicted octanol–water partition coefficient (Wildman–Crippen LogP) is 2.65. The third-order valence-electron chi connectivity index (χ3n) is 4.68. The minimum absolute atomic E-state index is 0.0849. The molecule has 1 N–H and O–H groups in total. The summed E-state index contributed by atoms with van der Waals surface area (Å²) in [6.07, 6.45) is 0.360. The van der Waals surface area contributed by atoms with Crippen molar-refractivity contribution in [3.05, 3.63) is 87.1 Å². The summed E-state index contributed by atoms with van der Waals surface area (Å²) < 4.78 is 13.7. The number of amides is 1. The molecule has 1 amide bonds. The molecule has 1 aliphatic heterocycles. The van der Waals surface area contributed by atoms with Crippen molar-refractivity contribution in [1.82, 2.24) is 14.9 Å². The Kier molecular flexibility index (Phi) is 4.45. The number of H-pyrrole nitrogens is 1. The van der Waals surface area contributed by atoms with Crippen LogP contribution >= 0.6 is 0 Å². The number of fused-ring (bicyclic) bond motifs is 1. The van der Waals surface area contributed by atoms with Crippen LogP contribution in [0, 0.1) is 17.1 Å². The van der Waals surface area contributed by atoms with Gasteiger partial charge in [-0.15, -0.1) is 0 Å². The number of rotatable bonds is 2. The summed E-state index contributed by atoms with van der Waals surface area (Å²) in [4.78, 5) is 34.1. The molecule has 3 aromatic rings. The SMILES string of the molecule is N#Cc1cc(F)cc(C(=O)N2CCc3c(nc(-c4ccccc4)[nH]c3=O)C2)c1. The Bertz CT molecular complexity index is 1170. The third-order valence-corrected chi connectivity index (χ3v) is 4.68. The second-order valence-electron chi connectivity index (χ2n) is 6.52. The Morgan fingerprint density at radius 3 is 2.75 bits per heavy atom. The molecule has 4 rings (SSSR count). The fraction of sp³-hybridized carbons (Fsp3) is 0.143. The number of hydrogen-bond donors (Lipinski definition) is 1. The van der Waals surface area contributed by atoms with Gasteiger partial charge in [-0.3, -0.25) is 9.59 Å². The van der Waals surface area contributed by atoms with Crippen LogP contribution in [0.15, 0.2) is 53.3 Å². The van der Waals surface area contributed by atoms with Crippen molar-refractivity contribution in [1.29, 1.82) is 5.26 Å². The molecule has 1 aromatic heterocycles. The van der Waals surface area contributed by atoms with Crippen molar-refractivity contribution < 1.29 is 9.18 Å². The molecular formula is C21H15FN4O2. The van der Waals surface area contributed by atoms with E-state index in [1.807, 2.05) is 36.4 Å². The van der Waals surface area contributed by atoms with Crippen LogP contribution < -0.4 is 5.56 Å². The summed E-state index contributed by atoms with van der Waals surface area (Å²) in [5.41, 5.74) is 1.83. The Hall–Kier alpha value is -3.79. The van der Waals surface area contributed by atoms with Gasteiger partial charge in [0.05, 0.1) is 23.9 Å². The zero-order valence-electron chi connectivity index (χ0n) is 14.8. The first kappa shape index (κ1) is 17.6. The van der Waals surface area contributed by atoms with E-state index in [0.717, 1.165) is 17.7 Å². The highest BCUT2D eigenvalue weighted by atomic mass is 19.1. The van der Waals surface area contributed by atoms with E-state index < -0.39 is 11.7 Å². The van der Waals surface area contributed by atoms with Gasteiger partial charge in [0.2, 0.25) is 0 Å². The molecule has 0 radical (unpaired) electrons. The van der Waals surface area contributed by atoms with Crippen molar-refractivity contribution in [3.63, 3.8) is 0 Å². The summed E-state index contributed by atoms with van der Waals surface area (Å²) in [6, 6.07) is 14.6. The minimum Gasteiger partial charge on any atom is -0.332 e. The quantitative estimate of drug-likeness (QED) is 0.747. The zero-order valence-corrected chi connectivity index (χ0v) is 14.8. The van der Waals surface area contributed by atoms with Crippen LogP contribution in [-0.2, 0) is 13.0 Å². The highest BCUT2D eigenvalue weighted by Gasteiger charge is 2.26. The minimum atomic E-state index is -0.638. The number of nitriles is 1. The van der Waals surface area contributed by atoms with Gasteiger partial charge < -0.3 is 9.88 Å². The molecule has 2 aromatic carbocycles. The van der Waals surface area contributed by atoms with Crippen molar-refractivity contribution in [2.75, 3.05) is 6.54 Å². The maximum absolute atomic E-state index is 13.7. The number of hydrogen-bond acceptors (Lipinski definition) is 4. The predicted molar refractivity (Wildman–Crippen MR) is 99.9 cm³/mol. The van der Waals surface area contributed by atoms with Gasteiger partial charge in [0.25, 0.3) is 11.5 Å². The van der Waals surface area contributed by atoms with E-state index >= 15 is 0 Å². The summed E-state index contributed by atoms with van der Waals surface area (Å²) in [7, 11) is 0. The Labute approximate surface area is 159 Å². The van der Waals surface area contributed by atoms with Crippen LogP contribution in [0.2, 0.25) is 0 Å². The smallest absolute Gasteiger partial charge is 0.254 e. The van der Waals surface area contributed by atoms with Gasteiger partial charge in [0.15, 0.2) is 0 Å². The molecule has 0 unspecified atom stereocenters. The van der Waals surface area contributed by atoms with E-state index in [-0.39, 0.29) is 23.2 Å². The first-order valence-electron chi connectivity index (χ1n) is 8.72. The molecule has 0 atom stereocenters.